The van der Waals surface area contributed by atoms with Crippen molar-refractivity contribution in [1.82, 2.24) is 0 Å². The van der Waals surface area contributed by atoms with E-state index < -0.39 is 5.97 Å². The molecule has 0 saturated heterocycles. The van der Waals surface area contributed by atoms with Gasteiger partial charge in [-0.1, -0.05) is 28.7 Å². The van der Waals surface area contributed by atoms with E-state index in [1.807, 2.05) is 22.6 Å². The van der Waals surface area contributed by atoms with E-state index in [0.717, 1.165) is 0 Å². The highest BCUT2D eigenvalue weighted by Crippen LogP contribution is 1.96. The fraction of sp³-hybridized carbons (Fsp3) is 0.167. The number of aliphatic carboxylic acids is 1. The van der Waals surface area contributed by atoms with Gasteiger partial charge in [-0.15, -0.1) is 0 Å². The van der Waals surface area contributed by atoms with E-state index in [2.05, 4.69) is 0 Å². The van der Waals surface area contributed by atoms with Crippen LogP contribution < -0.4 is 0 Å². The molecule has 0 unspecified atom stereocenters. The van der Waals surface area contributed by atoms with Crippen molar-refractivity contribution in [3.63, 3.8) is 0 Å². The van der Waals surface area contributed by atoms with Crippen LogP contribution in [0.2, 0.25) is 0 Å². The number of rotatable bonds is 2. The van der Waals surface area contributed by atoms with Crippen LogP contribution in [0.3, 0.4) is 0 Å². The van der Waals surface area contributed by atoms with Gasteiger partial charge < -0.3 is 5.11 Å². The smallest absolute Gasteiger partial charge is 0.328 e. The Hall–Kier alpha value is -0.320. The molecule has 0 radical (unpaired) electrons. The minimum atomic E-state index is -1.19. The first kappa shape index (κ1) is 6.80. The summed E-state index contributed by atoms with van der Waals surface area (Å²) in [5.41, 5.74) is 0.460. The SMILES string of the molecule is [2H]/C(C(=O)O)=C(C)/C=C/I. The summed E-state index contributed by atoms with van der Waals surface area (Å²) in [6.45, 7) is 1.59. The maximum atomic E-state index is 10.1. The molecule has 9 heavy (non-hydrogen) atoms. The van der Waals surface area contributed by atoms with Gasteiger partial charge in [-0.05, 0) is 16.6 Å². The molecule has 0 amide bonds. The van der Waals surface area contributed by atoms with Gasteiger partial charge in [-0.3, -0.25) is 0 Å². The van der Waals surface area contributed by atoms with Gasteiger partial charge in [0.15, 0.2) is 0 Å². The van der Waals surface area contributed by atoms with Crippen molar-refractivity contribution in [3.8, 4) is 0 Å². The molecule has 0 aromatic rings. The summed E-state index contributed by atoms with van der Waals surface area (Å²) in [6.07, 6.45) is 1.58. The van der Waals surface area contributed by atoms with E-state index in [1.54, 1.807) is 17.1 Å². The van der Waals surface area contributed by atoms with E-state index in [4.69, 9.17) is 6.48 Å². The third-order valence-electron chi connectivity index (χ3n) is 0.617. The number of carboxylic acids is 1. The highest BCUT2D eigenvalue weighted by atomic mass is 127. The lowest BCUT2D eigenvalue weighted by Gasteiger charge is -1.84. The van der Waals surface area contributed by atoms with E-state index in [0.29, 0.717) is 5.57 Å². The molecule has 0 heterocycles. The minimum absolute atomic E-state index is 0.354. The average molecular weight is 239 g/mol. The summed E-state index contributed by atoms with van der Waals surface area (Å²) < 4.78 is 8.63. The summed E-state index contributed by atoms with van der Waals surface area (Å²) in [7, 11) is 0. The van der Waals surface area contributed by atoms with Gasteiger partial charge in [-0.25, -0.2) is 4.79 Å². The number of carbonyl (C=O) groups is 1. The summed E-state index contributed by atoms with van der Waals surface area (Å²) in [4.78, 5) is 10.1. The van der Waals surface area contributed by atoms with Gasteiger partial charge in [0.1, 0.15) is 0 Å². The van der Waals surface area contributed by atoms with Crippen LogP contribution in [0.25, 0.3) is 0 Å². The quantitative estimate of drug-likeness (QED) is 0.454. The van der Waals surface area contributed by atoms with E-state index in [1.165, 1.54) is 0 Å². The van der Waals surface area contributed by atoms with Crippen molar-refractivity contribution in [2.24, 2.45) is 0 Å². The molecule has 0 aliphatic heterocycles. The minimum Gasteiger partial charge on any atom is -0.478 e. The molecule has 1 N–H and O–H groups in total. The largest absolute Gasteiger partial charge is 0.478 e. The van der Waals surface area contributed by atoms with Crippen molar-refractivity contribution < 1.29 is 11.3 Å². The number of allylic oxidation sites excluding steroid dienone is 2. The third kappa shape index (κ3) is 5.55. The van der Waals surface area contributed by atoms with Gasteiger partial charge in [0.05, 0.1) is 1.37 Å². The Morgan fingerprint density at radius 1 is 1.89 bits per heavy atom. The lowest BCUT2D eigenvalue weighted by atomic mass is 10.3. The molecule has 0 aliphatic rings. The summed E-state index contributed by atoms with van der Waals surface area (Å²) >= 11 is 1.97. The highest BCUT2D eigenvalue weighted by molar-refractivity contribution is 14.1. The number of hydrogen-bond acceptors (Lipinski definition) is 1. The van der Waals surface area contributed by atoms with Crippen LogP contribution in [-0.2, 0) is 4.79 Å². The van der Waals surface area contributed by atoms with E-state index >= 15 is 0 Å². The first-order valence-electron chi connectivity index (χ1n) is 2.77. The Bertz CT molecular complexity index is 196. The Morgan fingerprint density at radius 2 is 2.44 bits per heavy atom. The van der Waals surface area contributed by atoms with Gasteiger partial charge in [0.25, 0.3) is 0 Å². The predicted octanol–water partition coefficient (Wildman–Crippen LogP) is 1.97. The maximum Gasteiger partial charge on any atom is 0.328 e. The predicted molar refractivity (Wildman–Crippen MR) is 44.6 cm³/mol. The summed E-state index contributed by atoms with van der Waals surface area (Å²) in [5, 5.41) is 8.30. The second-order valence-electron chi connectivity index (χ2n) is 1.41. The zero-order valence-corrected chi connectivity index (χ0v) is 7.05. The van der Waals surface area contributed by atoms with Gasteiger partial charge >= 0.3 is 5.97 Å². The van der Waals surface area contributed by atoms with E-state index in [-0.39, 0.29) is 6.05 Å². The van der Waals surface area contributed by atoms with Crippen LogP contribution in [0.4, 0.5) is 0 Å². The molecule has 0 fully saturated rings. The van der Waals surface area contributed by atoms with Crippen LogP contribution in [0.1, 0.15) is 8.29 Å². The number of hydrogen-bond donors (Lipinski definition) is 1. The first-order valence-corrected chi connectivity index (χ1v) is 3.51. The van der Waals surface area contributed by atoms with Gasteiger partial charge in [0, 0.05) is 6.05 Å². The Morgan fingerprint density at radius 3 is 2.78 bits per heavy atom. The molecule has 0 saturated carbocycles. The van der Waals surface area contributed by atoms with E-state index in [9.17, 15) is 4.79 Å². The topological polar surface area (TPSA) is 37.3 Å². The lowest BCUT2D eigenvalue weighted by Crippen LogP contribution is -1.87. The molecule has 0 bridgehead atoms. The summed E-state index contributed by atoms with van der Waals surface area (Å²) in [6, 6.07) is -0.354. The summed E-state index contributed by atoms with van der Waals surface area (Å²) in [5.74, 6) is -1.19. The third-order valence-corrected chi connectivity index (χ3v) is 0.977. The van der Waals surface area contributed by atoms with Crippen molar-refractivity contribution in [3.05, 3.63) is 21.8 Å². The molecule has 0 aliphatic carbocycles. The molecule has 0 spiro atoms. The molecule has 3 heteroatoms. The number of halogens is 1. The average Bonchev–Trinajstić information content (AvgIpc) is 1.87. The Labute approximate surface area is 68.8 Å². The van der Waals surface area contributed by atoms with Crippen LogP contribution >= 0.6 is 22.6 Å². The van der Waals surface area contributed by atoms with Gasteiger partial charge in [0.2, 0.25) is 0 Å². The second kappa shape index (κ2) is 4.55. The Balaban J connectivity index is 4.50. The van der Waals surface area contributed by atoms with Crippen molar-refractivity contribution in [2.75, 3.05) is 0 Å². The Kier molecular flexibility index (Phi) is 3.43. The molecule has 0 aromatic heterocycles. The normalized spacial score (nSPS) is 15.1. The molecular formula is C6H7IO2. The van der Waals surface area contributed by atoms with Crippen molar-refractivity contribution in [1.29, 1.82) is 0 Å². The molecular weight excluding hydrogens is 231 g/mol. The second-order valence-corrected chi connectivity index (χ2v) is 2.12. The van der Waals surface area contributed by atoms with Crippen LogP contribution in [0, 0.1) is 0 Å². The number of carboxylic acid groups (broad SMARTS) is 1. The molecule has 0 rings (SSSR count). The molecule has 50 valence electrons. The molecule has 0 atom stereocenters. The lowest BCUT2D eigenvalue weighted by molar-refractivity contribution is -0.131. The highest BCUT2D eigenvalue weighted by Gasteiger charge is 1.87. The maximum absolute atomic E-state index is 10.1. The zero-order valence-electron chi connectivity index (χ0n) is 5.89. The fourth-order valence-electron chi connectivity index (χ4n) is 0.305. The molecule has 0 aromatic carbocycles. The zero-order chi connectivity index (χ0) is 8.15. The fourth-order valence-corrected chi connectivity index (χ4v) is 0.844. The van der Waals surface area contributed by atoms with Crippen LogP contribution in [0.5, 0.6) is 0 Å². The van der Waals surface area contributed by atoms with Crippen molar-refractivity contribution >= 4 is 28.6 Å². The van der Waals surface area contributed by atoms with Gasteiger partial charge in [-0.2, -0.15) is 0 Å². The van der Waals surface area contributed by atoms with Crippen LogP contribution in [-0.4, -0.2) is 11.1 Å². The van der Waals surface area contributed by atoms with Crippen molar-refractivity contribution in [2.45, 2.75) is 6.92 Å². The molecule has 2 nitrogen and oxygen atoms in total. The first-order chi connectivity index (χ1) is 4.59. The van der Waals surface area contributed by atoms with Crippen LogP contribution in [0.15, 0.2) is 21.8 Å². The standard InChI is InChI=1S/C6H7IO2/c1-5(2-3-7)4-6(8)9/h2-4H,1H3,(H,8,9)/b3-2+,5-4-/i4D. The monoisotopic (exact) mass is 239 g/mol.